The summed E-state index contributed by atoms with van der Waals surface area (Å²) in [6, 6.07) is 6.86. The van der Waals surface area contributed by atoms with E-state index >= 15 is 0 Å². The predicted octanol–water partition coefficient (Wildman–Crippen LogP) is 2.65. The van der Waals surface area contributed by atoms with Crippen LogP contribution in [-0.4, -0.2) is 16.0 Å². The summed E-state index contributed by atoms with van der Waals surface area (Å²) in [5.41, 5.74) is 0.957. The van der Waals surface area contributed by atoms with E-state index in [2.05, 4.69) is 26.2 Å². The lowest BCUT2D eigenvalue weighted by Gasteiger charge is -2.03. The van der Waals surface area contributed by atoms with E-state index in [0.29, 0.717) is 11.3 Å². The summed E-state index contributed by atoms with van der Waals surface area (Å²) in [6.45, 7) is -0.175. The number of halogens is 1. The zero-order valence-corrected chi connectivity index (χ0v) is 11.1. The Labute approximate surface area is 110 Å². The van der Waals surface area contributed by atoms with Crippen LogP contribution in [-0.2, 0) is 6.61 Å². The summed E-state index contributed by atoms with van der Waals surface area (Å²) in [5.74, 6) is -0.212. The number of rotatable bonds is 3. The number of nitrogens with one attached hydrogen (secondary N) is 1. The topological polar surface area (TPSA) is 62.2 Å². The Balaban J connectivity index is 2.14. The third-order valence-corrected chi connectivity index (χ3v) is 3.59. The van der Waals surface area contributed by atoms with Gasteiger partial charge in [0.1, 0.15) is 0 Å². The number of hydrogen-bond acceptors (Lipinski definition) is 4. The molecule has 2 N–H and O–H groups in total. The molecule has 88 valence electrons. The van der Waals surface area contributed by atoms with Crippen LogP contribution in [0.1, 0.15) is 16.1 Å². The summed E-state index contributed by atoms with van der Waals surface area (Å²) >= 11 is 4.77. The fourth-order valence-corrected chi connectivity index (χ4v) is 2.55. The molecule has 2 rings (SSSR count). The summed E-state index contributed by atoms with van der Waals surface area (Å²) in [6.07, 6.45) is 1.50. The highest BCUT2D eigenvalue weighted by Crippen LogP contribution is 2.26. The summed E-state index contributed by atoms with van der Waals surface area (Å²) < 4.78 is 0.957. The first kappa shape index (κ1) is 12.2. The molecule has 2 aromatic heterocycles. The van der Waals surface area contributed by atoms with E-state index in [9.17, 15) is 4.79 Å². The van der Waals surface area contributed by atoms with Gasteiger partial charge in [0.15, 0.2) is 0 Å². The number of anilines is 1. The average Bonchev–Trinajstić information content (AvgIpc) is 2.75. The normalized spacial score (nSPS) is 10.2. The highest BCUT2D eigenvalue weighted by atomic mass is 79.9. The van der Waals surface area contributed by atoms with E-state index in [1.807, 2.05) is 12.1 Å². The van der Waals surface area contributed by atoms with Crippen molar-refractivity contribution in [2.24, 2.45) is 0 Å². The molecule has 0 bridgehead atoms. The molecule has 0 saturated heterocycles. The summed E-state index contributed by atoms with van der Waals surface area (Å²) in [5, 5.41) is 12.5. The minimum atomic E-state index is -0.212. The maximum absolute atomic E-state index is 11.9. The first-order chi connectivity index (χ1) is 8.19. The van der Waals surface area contributed by atoms with E-state index in [1.165, 1.54) is 17.5 Å². The van der Waals surface area contributed by atoms with E-state index in [-0.39, 0.29) is 12.5 Å². The molecule has 0 aromatic carbocycles. The molecule has 4 nitrogen and oxygen atoms in total. The van der Waals surface area contributed by atoms with E-state index in [0.717, 1.165) is 8.79 Å². The van der Waals surface area contributed by atoms with Gasteiger partial charge in [-0.3, -0.25) is 9.78 Å². The van der Waals surface area contributed by atoms with Crippen molar-refractivity contribution in [2.75, 3.05) is 5.32 Å². The van der Waals surface area contributed by atoms with Gasteiger partial charge in [-0.05, 0) is 40.2 Å². The Hall–Kier alpha value is -1.24. The van der Waals surface area contributed by atoms with Crippen LogP contribution in [0.5, 0.6) is 0 Å². The maximum atomic E-state index is 11.9. The number of carbonyl (C=O) groups excluding carboxylic acids is 1. The number of carbonyl (C=O) groups is 1. The molecule has 0 aliphatic heterocycles. The highest BCUT2D eigenvalue weighted by molar-refractivity contribution is 9.11. The van der Waals surface area contributed by atoms with Crippen molar-refractivity contribution >= 4 is 38.2 Å². The van der Waals surface area contributed by atoms with Crippen LogP contribution in [0.3, 0.4) is 0 Å². The molecule has 0 spiro atoms. The molecule has 0 unspecified atom stereocenters. The summed E-state index contributed by atoms with van der Waals surface area (Å²) in [7, 11) is 0. The van der Waals surface area contributed by atoms with Crippen LogP contribution in [0.15, 0.2) is 34.2 Å². The average molecular weight is 313 g/mol. The van der Waals surface area contributed by atoms with Gasteiger partial charge in [-0.2, -0.15) is 0 Å². The van der Waals surface area contributed by atoms with Crippen molar-refractivity contribution in [1.82, 2.24) is 4.98 Å². The number of hydrogen-bond donors (Lipinski definition) is 2. The van der Waals surface area contributed by atoms with Crippen LogP contribution >= 0.6 is 27.3 Å². The molecule has 0 saturated carbocycles. The van der Waals surface area contributed by atoms with Gasteiger partial charge in [-0.1, -0.05) is 0 Å². The lowest BCUT2D eigenvalue weighted by atomic mass is 10.2. The SMILES string of the molecule is O=C(Nc1ccc(Br)s1)c1ccnc(CO)c1. The van der Waals surface area contributed by atoms with Gasteiger partial charge in [-0.15, -0.1) is 11.3 Å². The molecule has 0 aliphatic carbocycles. The van der Waals surface area contributed by atoms with Crippen molar-refractivity contribution in [2.45, 2.75) is 6.61 Å². The van der Waals surface area contributed by atoms with Gasteiger partial charge in [0.05, 0.1) is 21.1 Å². The molecule has 0 fully saturated rings. The second kappa shape index (κ2) is 5.39. The van der Waals surface area contributed by atoms with Crippen LogP contribution in [0.2, 0.25) is 0 Å². The first-order valence-corrected chi connectivity index (χ1v) is 6.42. The van der Waals surface area contributed by atoms with Crippen LogP contribution in [0.25, 0.3) is 0 Å². The minimum absolute atomic E-state index is 0.175. The number of aliphatic hydroxyl groups excluding tert-OH is 1. The minimum Gasteiger partial charge on any atom is -0.390 e. The number of aliphatic hydroxyl groups is 1. The molecule has 0 radical (unpaired) electrons. The Morgan fingerprint density at radius 1 is 1.47 bits per heavy atom. The number of nitrogens with zero attached hydrogens (tertiary/aromatic N) is 1. The monoisotopic (exact) mass is 312 g/mol. The van der Waals surface area contributed by atoms with Crippen molar-refractivity contribution in [3.8, 4) is 0 Å². The molecule has 1 amide bonds. The van der Waals surface area contributed by atoms with E-state index in [1.54, 1.807) is 12.1 Å². The number of amides is 1. The second-order valence-corrected chi connectivity index (χ2v) is 5.71. The second-order valence-electron chi connectivity index (χ2n) is 3.25. The van der Waals surface area contributed by atoms with Crippen molar-refractivity contribution in [3.05, 3.63) is 45.5 Å². The van der Waals surface area contributed by atoms with Gasteiger partial charge < -0.3 is 10.4 Å². The van der Waals surface area contributed by atoms with E-state index < -0.39 is 0 Å². The molecule has 0 aliphatic rings. The van der Waals surface area contributed by atoms with Gasteiger partial charge in [-0.25, -0.2) is 0 Å². The van der Waals surface area contributed by atoms with Gasteiger partial charge >= 0.3 is 0 Å². The van der Waals surface area contributed by atoms with E-state index in [4.69, 9.17) is 5.11 Å². The molecule has 6 heteroatoms. The van der Waals surface area contributed by atoms with Gasteiger partial charge in [0.25, 0.3) is 5.91 Å². The molecule has 2 heterocycles. The smallest absolute Gasteiger partial charge is 0.256 e. The quantitative estimate of drug-likeness (QED) is 0.916. The van der Waals surface area contributed by atoms with Crippen molar-refractivity contribution in [1.29, 1.82) is 0 Å². The molecule has 17 heavy (non-hydrogen) atoms. The molecular weight excluding hydrogens is 304 g/mol. The van der Waals surface area contributed by atoms with Crippen LogP contribution < -0.4 is 5.32 Å². The Morgan fingerprint density at radius 3 is 2.94 bits per heavy atom. The van der Waals surface area contributed by atoms with Crippen molar-refractivity contribution < 1.29 is 9.90 Å². The van der Waals surface area contributed by atoms with Crippen LogP contribution in [0.4, 0.5) is 5.00 Å². The fourth-order valence-electron chi connectivity index (χ4n) is 1.27. The number of thiophene rings is 1. The Morgan fingerprint density at radius 2 is 2.29 bits per heavy atom. The highest BCUT2D eigenvalue weighted by Gasteiger charge is 2.08. The zero-order chi connectivity index (χ0) is 12.3. The van der Waals surface area contributed by atoms with Crippen molar-refractivity contribution in [3.63, 3.8) is 0 Å². The van der Waals surface area contributed by atoms with Gasteiger partial charge in [0, 0.05) is 11.8 Å². The maximum Gasteiger partial charge on any atom is 0.256 e. The van der Waals surface area contributed by atoms with Crippen LogP contribution in [0, 0.1) is 0 Å². The molecule has 2 aromatic rings. The lowest BCUT2D eigenvalue weighted by molar-refractivity contribution is 0.102. The predicted molar refractivity (Wildman–Crippen MR) is 70.1 cm³/mol. The first-order valence-electron chi connectivity index (χ1n) is 4.81. The Kier molecular flexibility index (Phi) is 3.88. The number of pyridine rings is 1. The standard InChI is InChI=1S/C11H9BrN2O2S/c12-9-1-2-10(17-9)14-11(16)7-3-4-13-8(5-7)6-15/h1-5,15H,6H2,(H,14,16). The lowest BCUT2D eigenvalue weighted by Crippen LogP contribution is -2.11. The molecule has 0 atom stereocenters. The number of aromatic nitrogens is 1. The largest absolute Gasteiger partial charge is 0.390 e. The Bertz CT molecular complexity index is 542. The third kappa shape index (κ3) is 3.12. The summed E-state index contributed by atoms with van der Waals surface area (Å²) in [4.78, 5) is 15.8. The van der Waals surface area contributed by atoms with Gasteiger partial charge in [0.2, 0.25) is 0 Å². The zero-order valence-electron chi connectivity index (χ0n) is 8.68. The molecular formula is C11H9BrN2O2S. The third-order valence-electron chi connectivity index (χ3n) is 2.05. The fraction of sp³-hybridized carbons (Fsp3) is 0.0909.